The third-order valence-corrected chi connectivity index (χ3v) is 3.33. The van der Waals surface area contributed by atoms with E-state index in [1.807, 2.05) is 18.2 Å². The van der Waals surface area contributed by atoms with Crippen LogP contribution in [-0.4, -0.2) is 4.98 Å². The second-order valence-electron chi connectivity index (χ2n) is 4.60. The van der Waals surface area contributed by atoms with Crippen LogP contribution in [0.1, 0.15) is 11.1 Å². The van der Waals surface area contributed by atoms with Crippen LogP contribution >= 0.6 is 0 Å². The quantitative estimate of drug-likeness (QED) is 0.701. The number of nitrogens with one attached hydrogen (secondary N) is 1. The molecule has 0 fully saturated rings. The van der Waals surface area contributed by atoms with Crippen LogP contribution in [-0.2, 0) is 6.54 Å². The molecule has 0 spiro atoms. The molecule has 0 atom stereocenters. The van der Waals surface area contributed by atoms with Crippen LogP contribution in [0.5, 0.6) is 0 Å². The highest BCUT2D eigenvalue weighted by molar-refractivity contribution is 5.91. The molecular formula is C16H16N2. The molecule has 3 N–H and O–H groups in total. The lowest BCUT2D eigenvalue weighted by Crippen LogP contribution is -1.97. The second-order valence-corrected chi connectivity index (χ2v) is 4.60. The maximum Gasteiger partial charge on any atom is 0.0510 e. The predicted molar refractivity (Wildman–Crippen MR) is 76.4 cm³/mol. The van der Waals surface area contributed by atoms with Crippen LogP contribution in [0.25, 0.3) is 22.2 Å². The van der Waals surface area contributed by atoms with Crippen molar-refractivity contribution >= 4 is 10.9 Å². The van der Waals surface area contributed by atoms with Gasteiger partial charge in [0.1, 0.15) is 0 Å². The van der Waals surface area contributed by atoms with E-state index in [1.165, 1.54) is 22.1 Å². The Bertz CT molecular complexity index is 681. The first-order valence-electron chi connectivity index (χ1n) is 6.16. The summed E-state index contributed by atoms with van der Waals surface area (Å²) < 4.78 is 0. The average molecular weight is 236 g/mol. The Hall–Kier alpha value is -2.06. The van der Waals surface area contributed by atoms with Crippen molar-refractivity contribution < 1.29 is 0 Å². The van der Waals surface area contributed by atoms with Gasteiger partial charge < -0.3 is 10.7 Å². The van der Waals surface area contributed by atoms with Gasteiger partial charge in [-0.15, -0.1) is 0 Å². The first-order chi connectivity index (χ1) is 8.79. The summed E-state index contributed by atoms with van der Waals surface area (Å²) in [6.45, 7) is 2.66. The summed E-state index contributed by atoms with van der Waals surface area (Å²) in [6.07, 6.45) is 0. The van der Waals surface area contributed by atoms with E-state index in [-0.39, 0.29) is 0 Å². The van der Waals surface area contributed by atoms with E-state index < -0.39 is 0 Å². The summed E-state index contributed by atoms with van der Waals surface area (Å²) in [5.41, 5.74) is 11.9. The highest BCUT2D eigenvalue weighted by atomic mass is 14.7. The van der Waals surface area contributed by atoms with E-state index >= 15 is 0 Å². The Labute approximate surface area is 106 Å². The average Bonchev–Trinajstić information content (AvgIpc) is 2.77. The smallest absolute Gasteiger partial charge is 0.0510 e. The number of aromatic amines is 1. The molecule has 0 saturated heterocycles. The number of nitrogens with two attached hydrogens (primary N) is 1. The minimum Gasteiger partial charge on any atom is -0.354 e. The van der Waals surface area contributed by atoms with Crippen molar-refractivity contribution in [3.8, 4) is 11.3 Å². The van der Waals surface area contributed by atoms with Crippen molar-refractivity contribution in [2.24, 2.45) is 5.73 Å². The Kier molecular flexibility index (Phi) is 2.65. The maximum atomic E-state index is 5.93. The van der Waals surface area contributed by atoms with Gasteiger partial charge >= 0.3 is 0 Å². The van der Waals surface area contributed by atoms with Crippen molar-refractivity contribution in [3.63, 3.8) is 0 Å². The first-order valence-corrected chi connectivity index (χ1v) is 6.16. The summed E-state index contributed by atoms with van der Waals surface area (Å²) in [4.78, 5) is 3.48. The first kappa shape index (κ1) is 11.1. The molecule has 0 amide bonds. The van der Waals surface area contributed by atoms with Crippen LogP contribution in [0.15, 0.2) is 48.5 Å². The number of benzene rings is 2. The number of rotatable bonds is 2. The number of hydrogen-bond acceptors (Lipinski definition) is 1. The number of hydrogen-bond donors (Lipinski definition) is 2. The van der Waals surface area contributed by atoms with E-state index in [4.69, 9.17) is 5.73 Å². The van der Waals surface area contributed by atoms with Gasteiger partial charge in [0.15, 0.2) is 0 Å². The fourth-order valence-corrected chi connectivity index (χ4v) is 2.42. The van der Waals surface area contributed by atoms with Crippen molar-refractivity contribution in [3.05, 3.63) is 59.7 Å². The van der Waals surface area contributed by atoms with Crippen LogP contribution in [0, 0.1) is 6.92 Å². The van der Waals surface area contributed by atoms with Gasteiger partial charge in [0, 0.05) is 17.4 Å². The number of fused-ring (bicyclic) bond motifs is 1. The summed E-state index contributed by atoms with van der Waals surface area (Å²) in [5, 5.41) is 1.23. The standard InChI is InChI=1S/C16H16N2/c1-11-7-8-15-13(9-11)14(10-17)16(18-15)12-5-3-2-4-6-12/h2-9,18H,10,17H2,1H3. The predicted octanol–water partition coefficient (Wildman–Crippen LogP) is 3.60. The number of aryl methyl sites for hydroxylation is 1. The molecule has 2 nitrogen and oxygen atoms in total. The number of H-pyrrole nitrogens is 1. The molecule has 2 heteroatoms. The zero-order chi connectivity index (χ0) is 12.5. The van der Waals surface area contributed by atoms with E-state index in [1.54, 1.807) is 0 Å². The van der Waals surface area contributed by atoms with Gasteiger partial charge in [-0.25, -0.2) is 0 Å². The van der Waals surface area contributed by atoms with Gasteiger partial charge in [0.2, 0.25) is 0 Å². The SMILES string of the molecule is Cc1ccc2[nH]c(-c3ccccc3)c(CN)c2c1. The molecule has 1 heterocycles. The molecule has 0 saturated carbocycles. The largest absolute Gasteiger partial charge is 0.354 e. The normalized spacial score (nSPS) is 11.0. The maximum absolute atomic E-state index is 5.93. The Balaban J connectivity index is 2.30. The lowest BCUT2D eigenvalue weighted by atomic mass is 10.0. The minimum atomic E-state index is 0.549. The molecule has 18 heavy (non-hydrogen) atoms. The van der Waals surface area contributed by atoms with E-state index in [0.29, 0.717) is 6.54 Å². The fourth-order valence-electron chi connectivity index (χ4n) is 2.42. The van der Waals surface area contributed by atoms with Crippen molar-refractivity contribution in [1.82, 2.24) is 4.98 Å². The van der Waals surface area contributed by atoms with Gasteiger partial charge in [0.25, 0.3) is 0 Å². The van der Waals surface area contributed by atoms with Gasteiger partial charge in [-0.1, -0.05) is 42.0 Å². The van der Waals surface area contributed by atoms with Gasteiger partial charge in [-0.2, -0.15) is 0 Å². The van der Waals surface area contributed by atoms with Crippen LogP contribution < -0.4 is 5.73 Å². The van der Waals surface area contributed by atoms with Gasteiger partial charge in [-0.3, -0.25) is 0 Å². The Morgan fingerprint density at radius 3 is 2.56 bits per heavy atom. The highest BCUT2D eigenvalue weighted by Gasteiger charge is 2.11. The molecule has 90 valence electrons. The molecule has 0 aliphatic rings. The summed E-state index contributed by atoms with van der Waals surface area (Å²) in [6, 6.07) is 16.8. The Morgan fingerprint density at radius 2 is 1.83 bits per heavy atom. The van der Waals surface area contributed by atoms with Gasteiger partial charge in [-0.05, 0) is 30.2 Å². The molecule has 0 bridgehead atoms. The third kappa shape index (κ3) is 1.71. The van der Waals surface area contributed by atoms with E-state index in [0.717, 1.165) is 11.2 Å². The minimum absolute atomic E-state index is 0.549. The van der Waals surface area contributed by atoms with Crippen LogP contribution in [0.4, 0.5) is 0 Å². The fraction of sp³-hybridized carbons (Fsp3) is 0.125. The molecular weight excluding hydrogens is 220 g/mol. The van der Waals surface area contributed by atoms with Gasteiger partial charge in [0.05, 0.1) is 5.69 Å². The van der Waals surface area contributed by atoms with E-state index in [9.17, 15) is 0 Å². The molecule has 3 rings (SSSR count). The number of aromatic nitrogens is 1. The zero-order valence-electron chi connectivity index (χ0n) is 10.4. The molecule has 0 aliphatic carbocycles. The molecule has 3 aromatic rings. The van der Waals surface area contributed by atoms with E-state index in [2.05, 4.69) is 42.2 Å². The lowest BCUT2D eigenvalue weighted by molar-refractivity contribution is 1.09. The van der Waals surface area contributed by atoms with Crippen molar-refractivity contribution in [1.29, 1.82) is 0 Å². The summed E-state index contributed by atoms with van der Waals surface area (Å²) in [5.74, 6) is 0. The van der Waals surface area contributed by atoms with Crippen LogP contribution in [0.3, 0.4) is 0 Å². The molecule has 0 unspecified atom stereocenters. The topological polar surface area (TPSA) is 41.8 Å². The molecule has 1 aromatic heterocycles. The Morgan fingerprint density at radius 1 is 1.06 bits per heavy atom. The van der Waals surface area contributed by atoms with Crippen LogP contribution in [0.2, 0.25) is 0 Å². The van der Waals surface area contributed by atoms with Crippen molar-refractivity contribution in [2.75, 3.05) is 0 Å². The lowest BCUT2D eigenvalue weighted by Gasteiger charge is -2.02. The zero-order valence-corrected chi connectivity index (χ0v) is 10.4. The van der Waals surface area contributed by atoms with Crippen molar-refractivity contribution in [2.45, 2.75) is 13.5 Å². The third-order valence-electron chi connectivity index (χ3n) is 3.33. The molecule has 0 aliphatic heterocycles. The summed E-state index contributed by atoms with van der Waals surface area (Å²) >= 11 is 0. The molecule has 0 radical (unpaired) electrons. The monoisotopic (exact) mass is 236 g/mol. The molecule has 2 aromatic carbocycles. The highest BCUT2D eigenvalue weighted by Crippen LogP contribution is 2.30. The summed E-state index contributed by atoms with van der Waals surface area (Å²) in [7, 11) is 0. The second kappa shape index (κ2) is 4.31.